The van der Waals surface area contributed by atoms with Gasteiger partial charge in [0.1, 0.15) is 11.2 Å². The fourth-order valence-electron chi connectivity index (χ4n) is 4.51. The van der Waals surface area contributed by atoms with Crippen molar-refractivity contribution >= 4 is 40.2 Å². The van der Waals surface area contributed by atoms with Crippen LogP contribution in [0.15, 0.2) is 60.8 Å². The van der Waals surface area contributed by atoms with Gasteiger partial charge >= 0.3 is 6.03 Å². The minimum absolute atomic E-state index is 0.162. The van der Waals surface area contributed by atoms with Crippen LogP contribution in [0.1, 0.15) is 28.9 Å². The monoisotopic (exact) mass is 448 g/mol. The van der Waals surface area contributed by atoms with E-state index < -0.39 is 11.6 Å². The van der Waals surface area contributed by atoms with Crippen molar-refractivity contribution < 1.29 is 14.4 Å². The summed E-state index contributed by atoms with van der Waals surface area (Å²) in [4.78, 5) is 46.2. The summed E-state index contributed by atoms with van der Waals surface area (Å²) in [7, 11) is 0. The quantitative estimate of drug-likeness (QED) is 0.620. The molecule has 1 spiro atoms. The average Bonchev–Trinajstić information content (AvgIpc) is 3.03. The Morgan fingerprint density at radius 1 is 1.06 bits per heavy atom. The molecular weight excluding hydrogens is 428 g/mol. The highest BCUT2D eigenvalue weighted by Gasteiger charge is 2.52. The minimum atomic E-state index is -0.974. The highest BCUT2D eigenvalue weighted by Crippen LogP contribution is 2.31. The second kappa shape index (κ2) is 7.91. The van der Waals surface area contributed by atoms with E-state index in [1.54, 1.807) is 29.3 Å². The smallest absolute Gasteiger partial charge is 0.325 e. The second-order valence-electron chi connectivity index (χ2n) is 8.21. The number of hydrogen-bond acceptors (Lipinski definition) is 4. The van der Waals surface area contributed by atoms with Gasteiger partial charge in [-0.25, -0.2) is 4.79 Å². The van der Waals surface area contributed by atoms with Crippen LogP contribution in [0.3, 0.4) is 0 Å². The standard InChI is InChI=1S/C24H21ClN4O3/c25-18-6-3-4-16(14-18)15-29-22(31)24(27-23(29)32)9-12-28(13-10-24)21(30)20-19-7-2-1-5-17(19)8-11-26-20/h1-8,11,14H,9-10,12-13,15H2,(H,27,32). The van der Waals surface area contributed by atoms with E-state index in [0.29, 0.717) is 36.6 Å². The molecule has 2 aromatic carbocycles. The first-order chi connectivity index (χ1) is 15.5. The Bertz CT molecular complexity index is 1230. The first-order valence-corrected chi connectivity index (χ1v) is 10.9. The number of nitrogens with one attached hydrogen (secondary N) is 1. The SMILES string of the molecule is O=C(c1nccc2ccccc12)N1CCC2(CC1)NC(=O)N(Cc1cccc(Cl)c1)C2=O. The molecule has 0 bridgehead atoms. The Morgan fingerprint density at radius 3 is 2.62 bits per heavy atom. The molecule has 0 unspecified atom stereocenters. The third-order valence-corrected chi connectivity index (χ3v) is 6.49. The zero-order valence-electron chi connectivity index (χ0n) is 17.3. The van der Waals surface area contributed by atoms with Gasteiger partial charge in [-0.15, -0.1) is 0 Å². The van der Waals surface area contributed by atoms with E-state index in [-0.39, 0.29) is 18.4 Å². The van der Waals surface area contributed by atoms with Crippen molar-refractivity contribution in [3.8, 4) is 0 Å². The van der Waals surface area contributed by atoms with Crippen molar-refractivity contribution in [1.29, 1.82) is 0 Å². The third kappa shape index (κ3) is 3.48. The summed E-state index contributed by atoms with van der Waals surface area (Å²) >= 11 is 6.03. The van der Waals surface area contributed by atoms with Crippen LogP contribution in [0.2, 0.25) is 5.02 Å². The second-order valence-corrected chi connectivity index (χ2v) is 8.64. The van der Waals surface area contributed by atoms with Crippen molar-refractivity contribution in [1.82, 2.24) is 20.1 Å². The van der Waals surface area contributed by atoms with Crippen molar-refractivity contribution in [2.24, 2.45) is 0 Å². The molecule has 3 heterocycles. The number of carbonyl (C=O) groups excluding carboxylic acids is 3. The number of likely N-dealkylation sites (tertiary alicyclic amines) is 1. The molecule has 3 aromatic rings. The van der Waals surface area contributed by atoms with Gasteiger partial charge in [0.25, 0.3) is 11.8 Å². The number of benzene rings is 2. The zero-order chi connectivity index (χ0) is 22.3. The molecule has 32 heavy (non-hydrogen) atoms. The van der Waals surface area contributed by atoms with Gasteiger partial charge in [0, 0.05) is 29.7 Å². The molecule has 0 radical (unpaired) electrons. The molecular formula is C24H21ClN4O3. The lowest BCUT2D eigenvalue weighted by atomic mass is 9.87. The zero-order valence-corrected chi connectivity index (χ0v) is 18.0. The fourth-order valence-corrected chi connectivity index (χ4v) is 4.72. The summed E-state index contributed by atoms with van der Waals surface area (Å²) in [6, 6.07) is 16.2. The molecule has 162 valence electrons. The van der Waals surface area contributed by atoms with Crippen LogP contribution in [0.25, 0.3) is 10.8 Å². The van der Waals surface area contributed by atoms with E-state index in [0.717, 1.165) is 16.3 Å². The minimum Gasteiger partial charge on any atom is -0.337 e. The topological polar surface area (TPSA) is 82.6 Å². The van der Waals surface area contributed by atoms with E-state index in [2.05, 4.69) is 10.3 Å². The summed E-state index contributed by atoms with van der Waals surface area (Å²) < 4.78 is 0. The Kier molecular flexibility index (Phi) is 5.06. The fraction of sp³-hybridized carbons (Fsp3) is 0.250. The van der Waals surface area contributed by atoms with Crippen molar-refractivity contribution in [3.63, 3.8) is 0 Å². The van der Waals surface area contributed by atoms with Crippen LogP contribution in [0.5, 0.6) is 0 Å². The number of nitrogens with zero attached hydrogens (tertiary/aromatic N) is 3. The van der Waals surface area contributed by atoms with Gasteiger partial charge in [0.2, 0.25) is 0 Å². The van der Waals surface area contributed by atoms with Gasteiger partial charge in [-0.05, 0) is 42.0 Å². The van der Waals surface area contributed by atoms with Gasteiger partial charge in [-0.3, -0.25) is 19.5 Å². The summed E-state index contributed by atoms with van der Waals surface area (Å²) in [6.45, 7) is 0.886. The van der Waals surface area contributed by atoms with Crippen LogP contribution >= 0.6 is 11.6 Å². The van der Waals surface area contributed by atoms with E-state index >= 15 is 0 Å². The van der Waals surface area contributed by atoms with E-state index in [4.69, 9.17) is 11.6 Å². The molecule has 5 rings (SSSR count). The molecule has 1 aromatic heterocycles. The number of urea groups is 1. The van der Waals surface area contributed by atoms with Gasteiger partial charge in [0.05, 0.1) is 6.54 Å². The number of imide groups is 1. The van der Waals surface area contributed by atoms with Gasteiger partial charge < -0.3 is 10.2 Å². The molecule has 0 aliphatic carbocycles. The van der Waals surface area contributed by atoms with Crippen LogP contribution < -0.4 is 5.32 Å². The first-order valence-electron chi connectivity index (χ1n) is 10.5. The maximum atomic E-state index is 13.2. The van der Waals surface area contributed by atoms with Crippen LogP contribution in [0.4, 0.5) is 4.79 Å². The molecule has 2 aliphatic rings. The number of halogens is 1. The largest absolute Gasteiger partial charge is 0.337 e. The van der Waals surface area contributed by atoms with E-state index in [9.17, 15) is 14.4 Å². The number of hydrogen-bond donors (Lipinski definition) is 1. The van der Waals surface area contributed by atoms with E-state index in [1.807, 2.05) is 36.4 Å². The summed E-state index contributed by atoms with van der Waals surface area (Å²) in [5.41, 5.74) is 0.217. The predicted octanol–water partition coefficient (Wildman–Crippen LogP) is 3.62. The van der Waals surface area contributed by atoms with Crippen molar-refractivity contribution in [2.75, 3.05) is 13.1 Å². The molecule has 2 fully saturated rings. The third-order valence-electron chi connectivity index (χ3n) is 6.26. The predicted molar refractivity (Wildman–Crippen MR) is 120 cm³/mol. The lowest BCUT2D eigenvalue weighted by Crippen LogP contribution is -2.55. The van der Waals surface area contributed by atoms with Gasteiger partial charge in [-0.2, -0.15) is 0 Å². The number of aromatic nitrogens is 1. The number of pyridine rings is 1. The molecule has 1 N–H and O–H groups in total. The number of rotatable bonds is 3. The maximum absolute atomic E-state index is 13.2. The van der Waals surface area contributed by atoms with Gasteiger partial charge in [-0.1, -0.05) is 48.0 Å². The Morgan fingerprint density at radius 2 is 1.84 bits per heavy atom. The average molecular weight is 449 g/mol. The molecule has 0 atom stereocenters. The lowest BCUT2D eigenvalue weighted by molar-refractivity contribution is -0.133. The number of fused-ring (bicyclic) bond motifs is 1. The first kappa shape index (κ1) is 20.5. The summed E-state index contributed by atoms with van der Waals surface area (Å²) in [6.07, 6.45) is 2.36. The highest BCUT2D eigenvalue weighted by molar-refractivity contribution is 6.30. The Labute approximate surface area is 190 Å². The lowest BCUT2D eigenvalue weighted by Gasteiger charge is -2.37. The summed E-state index contributed by atoms with van der Waals surface area (Å²) in [5, 5.41) is 5.19. The number of amides is 4. The maximum Gasteiger partial charge on any atom is 0.325 e. The van der Waals surface area contributed by atoms with Crippen LogP contribution in [0, 0.1) is 0 Å². The van der Waals surface area contributed by atoms with Crippen molar-refractivity contribution in [3.05, 3.63) is 77.1 Å². The highest BCUT2D eigenvalue weighted by atomic mass is 35.5. The normalized spacial score (nSPS) is 17.8. The molecule has 2 saturated heterocycles. The van der Waals surface area contributed by atoms with Crippen molar-refractivity contribution in [2.45, 2.75) is 24.9 Å². The Hall–Kier alpha value is -3.45. The molecule has 7 nitrogen and oxygen atoms in total. The van der Waals surface area contributed by atoms with Crippen LogP contribution in [-0.2, 0) is 11.3 Å². The Balaban J connectivity index is 1.31. The van der Waals surface area contributed by atoms with E-state index in [1.165, 1.54) is 4.90 Å². The molecule has 8 heteroatoms. The molecule has 0 saturated carbocycles. The van der Waals surface area contributed by atoms with Crippen LogP contribution in [-0.4, -0.2) is 51.3 Å². The molecule has 2 aliphatic heterocycles. The number of piperidine rings is 1. The molecule has 4 amide bonds. The van der Waals surface area contributed by atoms with Gasteiger partial charge in [0.15, 0.2) is 0 Å². The number of carbonyl (C=O) groups is 3. The summed E-state index contributed by atoms with van der Waals surface area (Å²) in [5.74, 6) is -0.415.